The molecule has 0 aliphatic heterocycles. The van der Waals surface area contributed by atoms with Crippen molar-refractivity contribution >= 4 is 16.6 Å². The van der Waals surface area contributed by atoms with Gasteiger partial charge in [0.25, 0.3) is 0 Å². The second-order valence-corrected chi connectivity index (χ2v) is 16.3. The molecule has 4 aromatic rings. The number of carbonyl (C=O) groups excluding carboxylic acids is 1. The molecule has 0 amide bonds. The van der Waals surface area contributed by atoms with Crippen LogP contribution in [0.5, 0.6) is 0 Å². The Labute approximate surface area is 316 Å². The van der Waals surface area contributed by atoms with Gasteiger partial charge in [0.1, 0.15) is 0 Å². The van der Waals surface area contributed by atoms with Gasteiger partial charge in [0.05, 0.1) is 5.76 Å². The van der Waals surface area contributed by atoms with Crippen molar-refractivity contribution in [1.29, 1.82) is 0 Å². The summed E-state index contributed by atoms with van der Waals surface area (Å²) in [6.45, 7) is 26.8. The fraction of sp³-hybridized carbons (Fsp3) is 0.478. The van der Waals surface area contributed by atoms with Crippen LogP contribution < -0.4 is 0 Å². The van der Waals surface area contributed by atoms with Gasteiger partial charge in [-0.1, -0.05) is 142 Å². The normalized spacial score (nSPS) is 14.8. The molecule has 0 saturated carbocycles. The third-order valence-corrected chi connectivity index (χ3v) is 11.3. The summed E-state index contributed by atoms with van der Waals surface area (Å²) in [6, 6.07) is 23.8. The zero-order chi connectivity index (χ0) is 36.3. The minimum absolute atomic E-state index is 0. The number of ketones is 1. The summed E-state index contributed by atoms with van der Waals surface area (Å²) in [5.74, 6) is 0.547. The van der Waals surface area contributed by atoms with E-state index in [1.54, 1.807) is 0 Å². The van der Waals surface area contributed by atoms with E-state index in [-0.39, 0.29) is 59.7 Å². The van der Waals surface area contributed by atoms with Gasteiger partial charge in [-0.3, -0.25) is 9.78 Å². The van der Waals surface area contributed by atoms with Crippen LogP contribution in [0.1, 0.15) is 124 Å². The van der Waals surface area contributed by atoms with Crippen molar-refractivity contribution in [3.8, 4) is 22.4 Å². The Morgan fingerprint density at radius 1 is 0.840 bits per heavy atom. The fourth-order valence-corrected chi connectivity index (χ4v) is 7.74. The van der Waals surface area contributed by atoms with Crippen molar-refractivity contribution in [2.45, 2.75) is 126 Å². The van der Waals surface area contributed by atoms with Gasteiger partial charge in [0.2, 0.25) is 0 Å². The summed E-state index contributed by atoms with van der Waals surface area (Å²) in [5.41, 5.74) is 10.4. The van der Waals surface area contributed by atoms with E-state index in [4.69, 9.17) is 4.98 Å². The molecule has 3 aromatic carbocycles. The largest absolute Gasteiger partial charge is 0.512 e. The van der Waals surface area contributed by atoms with E-state index in [1.165, 1.54) is 55.8 Å². The first-order valence-electron chi connectivity index (χ1n) is 18.5. The van der Waals surface area contributed by atoms with Gasteiger partial charge < -0.3 is 5.11 Å². The van der Waals surface area contributed by atoms with Crippen molar-refractivity contribution in [3.05, 3.63) is 101 Å². The van der Waals surface area contributed by atoms with Crippen LogP contribution in [0.25, 0.3) is 33.2 Å². The predicted octanol–water partition coefficient (Wildman–Crippen LogP) is 12.7. The second-order valence-electron chi connectivity index (χ2n) is 16.3. The number of aryl methyl sites for hydroxylation is 1. The first kappa shape index (κ1) is 41.4. The molecule has 5 rings (SSSR count). The molecular formula is C46H60IrNO2-. The molecular weight excluding hydrogens is 791 g/mol. The number of benzene rings is 3. The van der Waals surface area contributed by atoms with E-state index < -0.39 is 0 Å². The zero-order valence-electron chi connectivity index (χ0n) is 32.7. The number of hydrogen-bond donors (Lipinski definition) is 1. The molecule has 1 N–H and O–H groups in total. The van der Waals surface area contributed by atoms with Gasteiger partial charge in [-0.2, -0.15) is 0 Å². The Morgan fingerprint density at radius 3 is 1.96 bits per heavy atom. The Kier molecular flexibility index (Phi) is 13.7. The van der Waals surface area contributed by atoms with E-state index >= 15 is 0 Å². The van der Waals surface area contributed by atoms with Crippen LogP contribution in [0.3, 0.4) is 0 Å². The van der Waals surface area contributed by atoms with Gasteiger partial charge >= 0.3 is 0 Å². The summed E-state index contributed by atoms with van der Waals surface area (Å²) in [7, 11) is 0. The molecule has 1 aliphatic carbocycles. The minimum Gasteiger partial charge on any atom is -0.512 e. The molecule has 3 nitrogen and oxygen atoms in total. The van der Waals surface area contributed by atoms with E-state index in [9.17, 15) is 9.90 Å². The average molecular weight is 851 g/mol. The number of nitrogens with zero attached hydrogens (tertiary/aromatic N) is 1. The molecule has 0 unspecified atom stereocenters. The first-order valence-corrected chi connectivity index (χ1v) is 18.5. The van der Waals surface area contributed by atoms with E-state index in [2.05, 4.69) is 116 Å². The van der Waals surface area contributed by atoms with Crippen LogP contribution in [0.15, 0.2) is 72.6 Å². The Morgan fingerprint density at radius 2 is 1.40 bits per heavy atom. The predicted molar refractivity (Wildman–Crippen MR) is 209 cm³/mol. The summed E-state index contributed by atoms with van der Waals surface area (Å²) < 4.78 is 0. The summed E-state index contributed by atoms with van der Waals surface area (Å²) in [4.78, 5) is 16.7. The molecule has 1 heterocycles. The first-order chi connectivity index (χ1) is 23.0. The van der Waals surface area contributed by atoms with Crippen molar-refractivity contribution in [1.82, 2.24) is 4.98 Å². The molecule has 1 aromatic heterocycles. The number of carbonyl (C=O) groups is 1. The van der Waals surface area contributed by atoms with Gasteiger partial charge in [-0.05, 0) is 76.7 Å². The van der Waals surface area contributed by atoms with Gasteiger partial charge in [-0.15, -0.1) is 23.1 Å². The van der Waals surface area contributed by atoms with Crippen molar-refractivity contribution < 1.29 is 30.0 Å². The third kappa shape index (κ3) is 8.35. The molecule has 50 heavy (non-hydrogen) atoms. The van der Waals surface area contributed by atoms with E-state index in [1.807, 2.05) is 33.9 Å². The van der Waals surface area contributed by atoms with Gasteiger partial charge in [0.15, 0.2) is 5.78 Å². The fourth-order valence-electron chi connectivity index (χ4n) is 7.74. The SMILES string of the molecule is CCC(CC)C(=O)/C=C(\O)C(CC)CC.Cc1c2c([c-]c3ccccc13)-c1nccc(-c3ccc(CC(C)(C)C)cc3)c1C(C)(C)C2(C)C.[Ir]. The number of aromatic nitrogens is 1. The molecule has 0 saturated heterocycles. The minimum atomic E-state index is -0.107. The van der Waals surface area contributed by atoms with Gasteiger partial charge in [0, 0.05) is 49.9 Å². The standard InChI is InChI=1S/C33H36N.C13H24O2.Ir/c1-21-25-12-10-9-11-24(25)19-27-28(21)32(5,6)33(7,8)29-26(17-18-34-30(27)29)23-15-13-22(14-16-23)20-31(2,3)4;1-5-10(6-2)12(14)9-13(15)11(7-3)8-4;/h9-18H,20H2,1-8H3;9-11,14H,5-8H2,1-4H3;/q-1;;/b;12-9-;. The monoisotopic (exact) mass is 851 g/mol. The van der Waals surface area contributed by atoms with Crippen LogP contribution in [0.4, 0.5) is 0 Å². The Balaban J connectivity index is 0.000000361. The second kappa shape index (κ2) is 16.5. The Hall–Kier alpha value is -3.07. The maximum atomic E-state index is 11.7. The van der Waals surface area contributed by atoms with Gasteiger partial charge in [-0.25, -0.2) is 0 Å². The van der Waals surface area contributed by atoms with Crippen LogP contribution in [-0.4, -0.2) is 15.9 Å². The number of aliphatic hydroxyl groups excluding tert-OH is 1. The molecule has 1 radical (unpaired) electrons. The number of hydrogen-bond acceptors (Lipinski definition) is 3. The van der Waals surface area contributed by atoms with Crippen LogP contribution >= 0.6 is 0 Å². The number of pyridine rings is 1. The summed E-state index contributed by atoms with van der Waals surface area (Å²) in [5, 5.41) is 12.2. The van der Waals surface area contributed by atoms with Crippen molar-refractivity contribution in [2.75, 3.05) is 0 Å². The van der Waals surface area contributed by atoms with Crippen molar-refractivity contribution in [2.24, 2.45) is 17.3 Å². The molecule has 0 fully saturated rings. The Bertz CT molecular complexity index is 1800. The average Bonchev–Trinajstić information content (AvgIpc) is 3.04. The van der Waals surface area contributed by atoms with Crippen molar-refractivity contribution in [3.63, 3.8) is 0 Å². The molecule has 4 heteroatoms. The van der Waals surface area contributed by atoms with E-state index in [0.29, 0.717) is 0 Å². The molecule has 0 atom stereocenters. The smallest absolute Gasteiger partial charge is 0.162 e. The number of allylic oxidation sites excluding steroid dienone is 2. The quantitative estimate of drug-likeness (QED) is 0.104. The molecule has 271 valence electrons. The maximum absolute atomic E-state index is 11.7. The topological polar surface area (TPSA) is 50.2 Å². The van der Waals surface area contributed by atoms with Crippen LogP contribution in [0, 0.1) is 30.2 Å². The molecule has 0 spiro atoms. The number of aliphatic hydroxyl groups is 1. The van der Waals surface area contributed by atoms with Crippen LogP contribution in [0.2, 0.25) is 0 Å². The number of rotatable bonds is 9. The molecule has 1 aliphatic rings. The maximum Gasteiger partial charge on any atom is 0.162 e. The molecule has 0 bridgehead atoms. The number of fused-ring (bicyclic) bond motifs is 4. The summed E-state index contributed by atoms with van der Waals surface area (Å²) in [6.07, 6.45) is 7.96. The van der Waals surface area contributed by atoms with E-state index in [0.717, 1.165) is 37.8 Å². The summed E-state index contributed by atoms with van der Waals surface area (Å²) >= 11 is 0. The van der Waals surface area contributed by atoms with Crippen LogP contribution in [-0.2, 0) is 42.2 Å². The third-order valence-electron chi connectivity index (χ3n) is 11.3. The zero-order valence-corrected chi connectivity index (χ0v) is 35.1.